The van der Waals surface area contributed by atoms with Crippen LogP contribution in [0.4, 0.5) is 4.39 Å². The van der Waals surface area contributed by atoms with Gasteiger partial charge in [-0.1, -0.05) is 19.8 Å². The molecule has 0 saturated carbocycles. The Bertz CT molecular complexity index is 591. The highest BCUT2D eigenvalue weighted by molar-refractivity contribution is 9.10. The van der Waals surface area contributed by atoms with Gasteiger partial charge in [0.05, 0.1) is 9.37 Å². The number of benzene rings is 1. The van der Waals surface area contributed by atoms with Crippen molar-refractivity contribution in [3.05, 3.63) is 28.5 Å². The Morgan fingerprint density at radius 2 is 2.15 bits per heavy atom. The van der Waals surface area contributed by atoms with Gasteiger partial charge >= 0.3 is 5.97 Å². The topological polar surface area (TPSA) is 83.5 Å². The number of unbranched alkanes of at least 4 members (excludes halogenated alkanes) is 1. The maximum atomic E-state index is 13.4. The Kier molecular flexibility index (Phi) is 6.09. The van der Waals surface area contributed by atoms with Gasteiger partial charge in [-0.15, -0.1) is 0 Å². The molecular weight excluding hydrogens is 353 g/mol. The molecule has 0 fully saturated rings. The predicted octanol–water partition coefficient (Wildman–Crippen LogP) is 2.51. The smallest absolute Gasteiger partial charge is 0.321 e. The first kappa shape index (κ1) is 17.1. The summed E-state index contributed by atoms with van der Waals surface area (Å²) < 4.78 is 39.6. The van der Waals surface area contributed by atoms with Gasteiger partial charge in [0.25, 0.3) is 0 Å². The Morgan fingerprint density at radius 3 is 2.65 bits per heavy atom. The summed E-state index contributed by atoms with van der Waals surface area (Å²) >= 11 is 2.92. The molecule has 8 heteroatoms. The molecule has 0 bridgehead atoms. The number of aliphatic carboxylic acids is 1. The summed E-state index contributed by atoms with van der Waals surface area (Å²) in [5, 5.41) is 9.00. The van der Waals surface area contributed by atoms with Crippen molar-refractivity contribution in [2.24, 2.45) is 0 Å². The number of sulfonamides is 1. The standard InChI is InChI=1S/C12H15BrFNO4S/c1-2-3-4-11(12(16)17)15-20(18,19)8-5-6-9(13)10(14)7-8/h5-7,11,15H,2-4H2,1H3,(H,16,17)/t11-/m0/s1. The molecule has 1 aromatic carbocycles. The monoisotopic (exact) mass is 367 g/mol. The third kappa shape index (κ3) is 4.53. The molecule has 112 valence electrons. The summed E-state index contributed by atoms with van der Waals surface area (Å²) in [5.41, 5.74) is 0. The molecule has 1 aromatic rings. The Hall–Kier alpha value is -0.990. The molecule has 0 aliphatic rings. The van der Waals surface area contributed by atoms with Crippen molar-refractivity contribution < 1.29 is 22.7 Å². The van der Waals surface area contributed by atoms with Gasteiger partial charge in [-0.3, -0.25) is 4.79 Å². The van der Waals surface area contributed by atoms with Crippen molar-refractivity contribution in [3.63, 3.8) is 0 Å². The number of carboxylic acids is 1. The van der Waals surface area contributed by atoms with E-state index in [1.165, 1.54) is 12.1 Å². The second-order valence-corrected chi connectivity index (χ2v) is 6.80. The van der Waals surface area contributed by atoms with E-state index in [9.17, 15) is 17.6 Å². The maximum Gasteiger partial charge on any atom is 0.321 e. The fraction of sp³-hybridized carbons (Fsp3) is 0.417. The van der Waals surface area contributed by atoms with Gasteiger partial charge in [-0.05, 0) is 40.5 Å². The minimum atomic E-state index is -4.07. The highest BCUT2D eigenvalue weighted by atomic mass is 79.9. The van der Waals surface area contributed by atoms with E-state index in [2.05, 4.69) is 20.7 Å². The molecule has 5 nitrogen and oxygen atoms in total. The summed E-state index contributed by atoms with van der Waals surface area (Å²) in [6.45, 7) is 1.87. The Labute approximate surface area is 125 Å². The molecule has 0 saturated heterocycles. The van der Waals surface area contributed by atoms with Crippen molar-refractivity contribution in [2.75, 3.05) is 0 Å². The molecule has 0 spiro atoms. The number of hydrogen-bond donors (Lipinski definition) is 2. The van der Waals surface area contributed by atoms with Crippen molar-refractivity contribution in [3.8, 4) is 0 Å². The zero-order valence-electron chi connectivity index (χ0n) is 10.8. The average Bonchev–Trinajstić information content (AvgIpc) is 2.37. The SMILES string of the molecule is CCCC[C@H](NS(=O)(=O)c1ccc(Br)c(F)c1)C(=O)O. The Balaban J connectivity index is 2.97. The van der Waals surface area contributed by atoms with E-state index in [-0.39, 0.29) is 15.8 Å². The van der Waals surface area contributed by atoms with Crippen molar-refractivity contribution in [2.45, 2.75) is 37.1 Å². The number of halogens is 2. The van der Waals surface area contributed by atoms with Crippen LogP contribution >= 0.6 is 15.9 Å². The van der Waals surface area contributed by atoms with Crippen LogP contribution in [0.2, 0.25) is 0 Å². The van der Waals surface area contributed by atoms with Crippen LogP contribution in [-0.4, -0.2) is 25.5 Å². The minimum absolute atomic E-state index is 0.136. The van der Waals surface area contributed by atoms with E-state index in [1.807, 2.05) is 6.92 Å². The van der Waals surface area contributed by atoms with E-state index in [0.717, 1.165) is 12.5 Å². The molecule has 0 aliphatic heterocycles. The molecule has 0 heterocycles. The number of carboxylic acid groups (broad SMARTS) is 1. The van der Waals surface area contributed by atoms with Crippen LogP contribution in [0.3, 0.4) is 0 Å². The highest BCUT2D eigenvalue weighted by Crippen LogP contribution is 2.19. The molecule has 1 rings (SSSR count). The van der Waals surface area contributed by atoms with Gasteiger partial charge in [0.15, 0.2) is 0 Å². The number of carbonyl (C=O) groups is 1. The zero-order chi connectivity index (χ0) is 15.3. The lowest BCUT2D eigenvalue weighted by Crippen LogP contribution is -2.40. The fourth-order valence-corrected chi connectivity index (χ4v) is 3.02. The normalized spacial score (nSPS) is 13.2. The number of nitrogens with one attached hydrogen (secondary N) is 1. The molecule has 20 heavy (non-hydrogen) atoms. The van der Waals surface area contributed by atoms with Crippen LogP contribution in [0, 0.1) is 5.82 Å². The average molecular weight is 368 g/mol. The molecule has 0 amide bonds. The van der Waals surface area contributed by atoms with E-state index >= 15 is 0 Å². The largest absolute Gasteiger partial charge is 0.480 e. The summed E-state index contributed by atoms with van der Waals surface area (Å²) in [6.07, 6.45) is 1.51. The van der Waals surface area contributed by atoms with Gasteiger partial charge in [-0.2, -0.15) is 4.72 Å². The van der Waals surface area contributed by atoms with Crippen LogP contribution in [0.1, 0.15) is 26.2 Å². The summed E-state index contributed by atoms with van der Waals surface area (Å²) in [4.78, 5) is 10.7. The van der Waals surface area contributed by atoms with Gasteiger partial charge < -0.3 is 5.11 Å². The molecule has 1 atom stereocenters. The maximum absolute atomic E-state index is 13.4. The lowest BCUT2D eigenvalue weighted by atomic mass is 10.1. The molecule has 0 aliphatic carbocycles. The highest BCUT2D eigenvalue weighted by Gasteiger charge is 2.25. The first-order valence-electron chi connectivity index (χ1n) is 5.98. The lowest BCUT2D eigenvalue weighted by Gasteiger charge is -2.14. The van der Waals surface area contributed by atoms with Crippen molar-refractivity contribution >= 4 is 31.9 Å². The number of rotatable bonds is 7. The van der Waals surface area contributed by atoms with Crippen molar-refractivity contribution in [1.82, 2.24) is 4.72 Å². The van der Waals surface area contributed by atoms with Gasteiger partial charge in [0, 0.05) is 0 Å². The second-order valence-electron chi connectivity index (χ2n) is 4.23. The minimum Gasteiger partial charge on any atom is -0.480 e. The Morgan fingerprint density at radius 1 is 1.50 bits per heavy atom. The van der Waals surface area contributed by atoms with Crippen LogP contribution in [0.25, 0.3) is 0 Å². The third-order valence-electron chi connectivity index (χ3n) is 2.64. The van der Waals surface area contributed by atoms with E-state index < -0.39 is 27.9 Å². The van der Waals surface area contributed by atoms with Crippen LogP contribution < -0.4 is 4.72 Å². The molecule has 0 radical (unpaired) electrons. The second kappa shape index (κ2) is 7.14. The van der Waals surface area contributed by atoms with E-state index in [1.54, 1.807) is 0 Å². The molecule has 0 aromatic heterocycles. The van der Waals surface area contributed by atoms with Crippen LogP contribution in [0.15, 0.2) is 27.6 Å². The van der Waals surface area contributed by atoms with Crippen LogP contribution in [0.5, 0.6) is 0 Å². The van der Waals surface area contributed by atoms with Crippen molar-refractivity contribution in [1.29, 1.82) is 0 Å². The summed E-state index contributed by atoms with van der Waals surface area (Å²) in [5.74, 6) is -1.98. The number of hydrogen-bond acceptors (Lipinski definition) is 3. The molecule has 0 unspecified atom stereocenters. The summed E-state index contributed by atoms with van der Waals surface area (Å²) in [6, 6.07) is 2.08. The van der Waals surface area contributed by atoms with Gasteiger partial charge in [0.2, 0.25) is 10.0 Å². The third-order valence-corrected chi connectivity index (χ3v) is 4.76. The van der Waals surface area contributed by atoms with E-state index in [0.29, 0.717) is 6.42 Å². The van der Waals surface area contributed by atoms with E-state index in [4.69, 9.17) is 5.11 Å². The van der Waals surface area contributed by atoms with Gasteiger partial charge in [0.1, 0.15) is 11.9 Å². The molecule has 2 N–H and O–H groups in total. The lowest BCUT2D eigenvalue weighted by molar-refractivity contribution is -0.139. The first-order valence-corrected chi connectivity index (χ1v) is 8.25. The van der Waals surface area contributed by atoms with Gasteiger partial charge in [-0.25, -0.2) is 12.8 Å². The predicted molar refractivity (Wildman–Crippen MR) is 75.4 cm³/mol. The first-order chi connectivity index (χ1) is 9.27. The fourth-order valence-electron chi connectivity index (χ4n) is 1.54. The quantitative estimate of drug-likeness (QED) is 0.775. The zero-order valence-corrected chi connectivity index (χ0v) is 13.2. The van der Waals surface area contributed by atoms with Crippen LogP contribution in [-0.2, 0) is 14.8 Å². The summed E-state index contributed by atoms with van der Waals surface area (Å²) in [7, 11) is -4.07. The molecular formula is C12H15BrFNO4S.